The molecule has 0 aromatic carbocycles. The van der Waals surface area contributed by atoms with Gasteiger partial charge in [-0.2, -0.15) is 0 Å². The molecule has 2 aliphatic rings. The first-order valence-electron chi connectivity index (χ1n) is 7.39. The second-order valence-electron chi connectivity index (χ2n) is 6.20. The molecular formula is C14H24N2O4. The summed E-state index contributed by atoms with van der Waals surface area (Å²) in [6, 6.07) is -0.157. The number of carbonyl (C=O) groups excluding carboxylic acids is 1. The molecule has 1 saturated heterocycles. The van der Waals surface area contributed by atoms with Gasteiger partial charge in [-0.05, 0) is 44.9 Å². The molecule has 2 amide bonds. The van der Waals surface area contributed by atoms with Crippen molar-refractivity contribution in [1.29, 1.82) is 0 Å². The van der Waals surface area contributed by atoms with Crippen LogP contribution in [0.25, 0.3) is 0 Å². The van der Waals surface area contributed by atoms with Gasteiger partial charge in [-0.25, -0.2) is 4.79 Å². The number of carboxylic acid groups (broad SMARTS) is 1. The summed E-state index contributed by atoms with van der Waals surface area (Å²) in [5, 5.41) is 21.4. The van der Waals surface area contributed by atoms with Crippen LogP contribution in [0.5, 0.6) is 0 Å². The number of carbonyl (C=O) groups is 2. The number of carboxylic acids is 1. The Morgan fingerprint density at radius 1 is 1.35 bits per heavy atom. The first-order valence-corrected chi connectivity index (χ1v) is 7.39. The van der Waals surface area contributed by atoms with Gasteiger partial charge in [-0.15, -0.1) is 0 Å². The average molecular weight is 284 g/mol. The predicted molar refractivity (Wildman–Crippen MR) is 73.3 cm³/mol. The molecule has 6 nitrogen and oxygen atoms in total. The summed E-state index contributed by atoms with van der Waals surface area (Å²) >= 11 is 0. The maximum atomic E-state index is 12.2. The van der Waals surface area contributed by atoms with Gasteiger partial charge < -0.3 is 20.4 Å². The minimum atomic E-state index is -0.863. The standard InChI is InChI=1S/C14H24N2O4/c1-10(17)11-3-7-16(8-4-11)13(20)15-14(5-2-6-14)9-12(18)19/h10-11,17H,2-9H2,1H3,(H,15,20)(H,18,19). The van der Waals surface area contributed by atoms with Gasteiger partial charge in [0.25, 0.3) is 0 Å². The quantitative estimate of drug-likeness (QED) is 0.723. The van der Waals surface area contributed by atoms with Crippen LogP contribution in [0.1, 0.15) is 45.4 Å². The lowest BCUT2D eigenvalue weighted by Crippen LogP contribution is -2.59. The molecule has 114 valence electrons. The smallest absolute Gasteiger partial charge is 0.317 e. The minimum Gasteiger partial charge on any atom is -0.481 e. The average Bonchev–Trinajstić information content (AvgIpc) is 2.35. The molecule has 0 spiro atoms. The molecule has 1 saturated carbocycles. The second kappa shape index (κ2) is 5.99. The van der Waals surface area contributed by atoms with Crippen LogP contribution in [0.15, 0.2) is 0 Å². The Balaban J connectivity index is 1.84. The van der Waals surface area contributed by atoms with Crippen LogP contribution < -0.4 is 5.32 Å². The molecule has 2 fully saturated rings. The maximum Gasteiger partial charge on any atom is 0.317 e. The Bertz CT molecular complexity index is 371. The van der Waals surface area contributed by atoms with E-state index < -0.39 is 11.5 Å². The largest absolute Gasteiger partial charge is 0.481 e. The molecule has 1 aliphatic carbocycles. The van der Waals surface area contributed by atoms with Gasteiger partial charge in [-0.1, -0.05) is 0 Å². The van der Waals surface area contributed by atoms with Crippen LogP contribution in [0.2, 0.25) is 0 Å². The number of urea groups is 1. The summed E-state index contributed by atoms with van der Waals surface area (Å²) < 4.78 is 0. The van der Waals surface area contributed by atoms with Crippen LogP contribution in [-0.2, 0) is 4.79 Å². The minimum absolute atomic E-state index is 0.00286. The summed E-state index contributed by atoms with van der Waals surface area (Å²) in [6.45, 7) is 3.05. The molecule has 20 heavy (non-hydrogen) atoms. The van der Waals surface area contributed by atoms with Gasteiger partial charge in [0.05, 0.1) is 18.1 Å². The Morgan fingerprint density at radius 3 is 2.35 bits per heavy atom. The molecular weight excluding hydrogens is 260 g/mol. The molecule has 0 aromatic rings. The van der Waals surface area contributed by atoms with Crippen molar-refractivity contribution in [1.82, 2.24) is 10.2 Å². The molecule has 0 aromatic heterocycles. The highest BCUT2D eigenvalue weighted by Crippen LogP contribution is 2.35. The molecule has 0 radical (unpaired) electrons. The fourth-order valence-electron chi connectivity index (χ4n) is 3.13. The van der Waals surface area contributed by atoms with Crippen molar-refractivity contribution >= 4 is 12.0 Å². The lowest BCUT2D eigenvalue weighted by Gasteiger charge is -2.43. The van der Waals surface area contributed by atoms with E-state index in [-0.39, 0.29) is 24.5 Å². The number of piperidine rings is 1. The van der Waals surface area contributed by atoms with Crippen molar-refractivity contribution in [3.63, 3.8) is 0 Å². The highest BCUT2D eigenvalue weighted by atomic mass is 16.4. The number of amides is 2. The third kappa shape index (κ3) is 3.42. The zero-order chi connectivity index (χ0) is 14.8. The highest BCUT2D eigenvalue weighted by Gasteiger charge is 2.41. The fourth-order valence-corrected chi connectivity index (χ4v) is 3.13. The summed E-state index contributed by atoms with van der Waals surface area (Å²) in [5.41, 5.74) is -0.538. The maximum absolute atomic E-state index is 12.2. The van der Waals surface area contributed by atoms with E-state index in [0.29, 0.717) is 13.1 Å². The number of aliphatic hydroxyl groups excluding tert-OH is 1. The van der Waals surface area contributed by atoms with Crippen molar-refractivity contribution in [2.45, 2.75) is 57.1 Å². The Hall–Kier alpha value is -1.30. The molecule has 1 atom stereocenters. The number of rotatable bonds is 4. The molecule has 6 heteroatoms. The third-order valence-corrected chi connectivity index (χ3v) is 4.68. The van der Waals surface area contributed by atoms with E-state index in [2.05, 4.69) is 5.32 Å². The molecule has 0 bridgehead atoms. The summed E-state index contributed by atoms with van der Waals surface area (Å²) in [6.07, 6.45) is 3.74. The van der Waals surface area contributed by atoms with Gasteiger partial charge in [0.15, 0.2) is 0 Å². The van der Waals surface area contributed by atoms with E-state index in [9.17, 15) is 14.7 Å². The van der Waals surface area contributed by atoms with Crippen LogP contribution in [-0.4, -0.2) is 51.8 Å². The van der Waals surface area contributed by atoms with Gasteiger partial charge in [-0.3, -0.25) is 4.79 Å². The zero-order valence-electron chi connectivity index (χ0n) is 12.0. The van der Waals surface area contributed by atoms with Crippen LogP contribution in [0, 0.1) is 5.92 Å². The molecule has 1 aliphatic heterocycles. The second-order valence-corrected chi connectivity index (χ2v) is 6.20. The first-order chi connectivity index (χ1) is 9.42. The van der Waals surface area contributed by atoms with Crippen molar-refractivity contribution in [2.24, 2.45) is 5.92 Å². The number of hydrogen-bond acceptors (Lipinski definition) is 3. The van der Waals surface area contributed by atoms with Gasteiger partial charge in [0.2, 0.25) is 0 Å². The van der Waals surface area contributed by atoms with Crippen LogP contribution >= 0.6 is 0 Å². The third-order valence-electron chi connectivity index (χ3n) is 4.68. The van der Waals surface area contributed by atoms with E-state index in [1.807, 2.05) is 0 Å². The van der Waals surface area contributed by atoms with Gasteiger partial charge in [0, 0.05) is 13.1 Å². The Labute approximate surface area is 119 Å². The zero-order valence-corrected chi connectivity index (χ0v) is 12.0. The Morgan fingerprint density at radius 2 is 1.95 bits per heavy atom. The van der Waals surface area contributed by atoms with Crippen molar-refractivity contribution in [2.75, 3.05) is 13.1 Å². The summed E-state index contributed by atoms with van der Waals surface area (Å²) in [5.74, 6) is -0.603. The fraction of sp³-hybridized carbons (Fsp3) is 0.857. The van der Waals surface area contributed by atoms with Gasteiger partial charge in [0.1, 0.15) is 0 Å². The van der Waals surface area contributed by atoms with E-state index in [4.69, 9.17) is 5.11 Å². The molecule has 1 heterocycles. The number of nitrogens with one attached hydrogen (secondary N) is 1. The van der Waals surface area contributed by atoms with E-state index in [1.165, 1.54) is 0 Å². The molecule has 1 unspecified atom stereocenters. The first kappa shape index (κ1) is 15.1. The monoisotopic (exact) mass is 284 g/mol. The lowest BCUT2D eigenvalue weighted by molar-refractivity contribution is -0.139. The van der Waals surface area contributed by atoms with Crippen LogP contribution in [0.3, 0.4) is 0 Å². The summed E-state index contributed by atoms with van der Waals surface area (Å²) in [4.78, 5) is 24.9. The van der Waals surface area contributed by atoms with Gasteiger partial charge >= 0.3 is 12.0 Å². The normalized spacial score (nSPS) is 23.8. The van der Waals surface area contributed by atoms with E-state index in [0.717, 1.165) is 32.1 Å². The van der Waals surface area contributed by atoms with Crippen molar-refractivity contribution in [3.05, 3.63) is 0 Å². The van der Waals surface area contributed by atoms with Crippen molar-refractivity contribution < 1.29 is 19.8 Å². The number of aliphatic hydroxyl groups is 1. The number of hydrogen-bond donors (Lipinski definition) is 3. The number of nitrogens with zero attached hydrogens (tertiary/aromatic N) is 1. The summed E-state index contributed by atoms with van der Waals surface area (Å²) in [7, 11) is 0. The van der Waals surface area contributed by atoms with E-state index >= 15 is 0 Å². The Kier molecular flexibility index (Phi) is 4.52. The topological polar surface area (TPSA) is 89.9 Å². The van der Waals surface area contributed by atoms with Crippen molar-refractivity contribution in [3.8, 4) is 0 Å². The molecule has 3 N–H and O–H groups in total. The highest BCUT2D eigenvalue weighted by molar-refractivity contribution is 5.77. The van der Waals surface area contributed by atoms with Crippen LogP contribution in [0.4, 0.5) is 4.79 Å². The predicted octanol–water partition coefficient (Wildman–Crippen LogP) is 1.19. The number of likely N-dealkylation sites (tertiary alicyclic amines) is 1. The lowest BCUT2D eigenvalue weighted by atomic mass is 9.74. The SMILES string of the molecule is CC(O)C1CCN(C(=O)NC2(CC(=O)O)CCC2)CC1. The number of aliphatic carboxylic acids is 1. The molecule has 2 rings (SSSR count). The van der Waals surface area contributed by atoms with E-state index in [1.54, 1.807) is 11.8 Å².